The molecule has 4 aliphatic rings. The first-order valence-corrected chi connectivity index (χ1v) is 33.4. The zero-order valence-corrected chi connectivity index (χ0v) is 53.8. The van der Waals surface area contributed by atoms with Crippen molar-refractivity contribution in [2.24, 2.45) is 0 Å². The summed E-state index contributed by atoms with van der Waals surface area (Å²) in [5, 5.41) is 6.67. The average molecular weight is 1130 g/mol. The molecule has 0 radical (unpaired) electrons. The number of furan rings is 1. The van der Waals surface area contributed by atoms with Gasteiger partial charge in [-0.3, -0.25) is 0 Å². The molecule has 2 aliphatic carbocycles. The van der Waals surface area contributed by atoms with E-state index in [1.54, 1.807) is 0 Å². The van der Waals surface area contributed by atoms with Gasteiger partial charge in [0.1, 0.15) is 5.58 Å². The van der Waals surface area contributed by atoms with Gasteiger partial charge in [-0.05, 0) is 189 Å². The second-order valence-electron chi connectivity index (χ2n) is 30.3. The molecule has 0 N–H and O–H groups in total. The number of hydrogen-bond acceptors (Lipinski definition) is 3. The van der Waals surface area contributed by atoms with Gasteiger partial charge < -0.3 is 14.2 Å². The van der Waals surface area contributed by atoms with E-state index in [0.29, 0.717) is 0 Å². The Labute approximate surface area is 508 Å². The number of benzene rings is 9. The van der Waals surface area contributed by atoms with Crippen molar-refractivity contribution in [3.63, 3.8) is 0 Å². The first kappa shape index (κ1) is 55.3. The van der Waals surface area contributed by atoms with Crippen molar-refractivity contribution < 1.29 is 4.42 Å². The maximum Gasteiger partial charge on any atom is 0.297 e. The highest BCUT2D eigenvalue weighted by Gasteiger charge is 2.50. The lowest BCUT2D eigenvalue weighted by molar-refractivity contribution is 0.332. The molecular formula is C80H83BN2OSi. The lowest BCUT2D eigenvalue weighted by Crippen LogP contribution is -2.74. The van der Waals surface area contributed by atoms with Crippen molar-refractivity contribution in [2.75, 3.05) is 9.80 Å². The highest BCUT2D eigenvalue weighted by Crippen LogP contribution is 2.54. The molecule has 1 aromatic heterocycles. The van der Waals surface area contributed by atoms with Gasteiger partial charge in [-0.25, -0.2) is 0 Å². The maximum absolute atomic E-state index is 7.80. The van der Waals surface area contributed by atoms with Crippen LogP contribution in [0.1, 0.15) is 156 Å². The fraction of sp³-hybridized carbons (Fsp3) is 0.300. The summed E-state index contributed by atoms with van der Waals surface area (Å²) in [6, 6.07) is 77.7. The summed E-state index contributed by atoms with van der Waals surface area (Å²) < 4.78 is 7.80. The van der Waals surface area contributed by atoms with Gasteiger partial charge in [-0.15, -0.1) is 0 Å². The smallest absolute Gasteiger partial charge is 0.297 e. The summed E-state index contributed by atoms with van der Waals surface area (Å²) in [6.07, 6.45) is 4.56. The Bertz CT molecular complexity index is 4150. The molecule has 2 aliphatic heterocycles. The minimum absolute atomic E-state index is 0.00147. The lowest BCUT2D eigenvalue weighted by atomic mass is 9.35. The molecule has 5 heteroatoms. The van der Waals surface area contributed by atoms with Crippen LogP contribution in [-0.2, 0) is 32.5 Å². The topological polar surface area (TPSA) is 19.6 Å². The van der Waals surface area contributed by atoms with Crippen LogP contribution in [-0.4, -0.2) is 14.8 Å². The lowest BCUT2D eigenvalue weighted by Gasteiger charge is -2.47. The largest absolute Gasteiger partial charge is 0.468 e. The third-order valence-corrected chi connectivity index (χ3v) is 25.6. The van der Waals surface area contributed by atoms with Gasteiger partial charge in [-0.2, -0.15) is 0 Å². The van der Waals surface area contributed by atoms with Crippen LogP contribution in [0.25, 0.3) is 22.1 Å². The Morgan fingerprint density at radius 1 is 0.400 bits per heavy atom. The van der Waals surface area contributed by atoms with Crippen molar-refractivity contribution in [3.05, 3.63) is 234 Å². The number of nitrogens with zero attached hydrogens (tertiary/aromatic N) is 2. The first-order valence-electron chi connectivity index (χ1n) is 31.4. The Morgan fingerprint density at radius 2 is 0.847 bits per heavy atom. The first-order chi connectivity index (χ1) is 40.4. The molecule has 0 bridgehead atoms. The summed E-state index contributed by atoms with van der Waals surface area (Å²) in [5.41, 5.74) is 22.5. The molecule has 10 aromatic rings. The van der Waals surface area contributed by atoms with Gasteiger partial charge in [0.05, 0.1) is 11.3 Å². The van der Waals surface area contributed by atoms with E-state index in [1.165, 1.54) is 104 Å². The molecule has 0 spiro atoms. The molecule has 426 valence electrons. The molecule has 0 fully saturated rings. The average Bonchev–Trinajstić information content (AvgIpc) is 1.89. The van der Waals surface area contributed by atoms with Crippen molar-refractivity contribution >= 4 is 97.2 Å². The van der Waals surface area contributed by atoms with Gasteiger partial charge >= 0.3 is 0 Å². The van der Waals surface area contributed by atoms with Crippen LogP contribution in [0, 0.1) is 0 Å². The van der Waals surface area contributed by atoms with E-state index < -0.39 is 8.07 Å². The highest BCUT2D eigenvalue weighted by molar-refractivity contribution is 7.20. The summed E-state index contributed by atoms with van der Waals surface area (Å²) >= 11 is 0. The zero-order valence-electron chi connectivity index (χ0n) is 52.8. The minimum Gasteiger partial charge on any atom is -0.468 e. The fourth-order valence-electron chi connectivity index (χ4n) is 15.5. The third kappa shape index (κ3) is 8.71. The van der Waals surface area contributed by atoms with Crippen LogP contribution >= 0.6 is 0 Å². The molecule has 0 amide bonds. The monoisotopic (exact) mass is 1130 g/mol. The summed E-state index contributed by atoms with van der Waals surface area (Å²) in [7, 11) is -2.77. The van der Waals surface area contributed by atoms with Gasteiger partial charge in [0.15, 0.2) is 8.07 Å². The van der Waals surface area contributed by atoms with Crippen LogP contribution in [0.15, 0.2) is 205 Å². The number of anilines is 6. The number of rotatable bonds is 7. The van der Waals surface area contributed by atoms with E-state index in [1.807, 2.05) is 0 Å². The van der Waals surface area contributed by atoms with Gasteiger partial charge in [0.25, 0.3) is 6.71 Å². The van der Waals surface area contributed by atoms with Crippen molar-refractivity contribution in [1.29, 1.82) is 0 Å². The molecule has 14 rings (SSSR count). The van der Waals surface area contributed by atoms with E-state index in [2.05, 4.69) is 307 Å². The standard InChI is InChI=1S/C80H83BN2OSi/c1-75(2,3)54-35-39-56(40-36-54)82-68-50-65-64(78(9,10)42-43-79(65,11)12)49-67(68)81-72-69(82)46-55(76(4,5)6)47-70(72)83(73-62-48-63-66(51-71(62)84-74(73)81)80(13,14)44-41-77(63,7)8)57-37-33-52(34-38-57)53-25-24-32-61(45-53)85(58-26-18-15-19-27-58,59-28-20-16-21-29-59)60-30-22-17-23-31-60/h15-40,45-51H,41-44H2,1-14H3. The van der Waals surface area contributed by atoms with Crippen LogP contribution in [0.3, 0.4) is 0 Å². The van der Waals surface area contributed by atoms with Crippen LogP contribution in [0.4, 0.5) is 34.1 Å². The maximum atomic E-state index is 7.80. The van der Waals surface area contributed by atoms with Crippen LogP contribution in [0.2, 0.25) is 0 Å². The predicted octanol–water partition coefficient (Wildman–Crippen LogP) is 16.9. The van der Waals surface area contributed by atoms with Gasteiger partial charge in [0, 0.05) is 33.8 Å². The molecule has 0 unspecified atom stereocenters. The van der Waals surface area contributed by atoms with Gasteiger partial charge in [-0.1, -0.05) is 243 Å². The normalized spacial score (nSPS) is 17.2. The summed E-state index contributed by atoms with van der Waals surface area (Å²) in [4.78, 5) is 5.26. The SMILES string of the molecule is CC(C)(C)c1ccc(N2c3cc4c(cc3B3c5oc6cc7c(cc6c5N(c5ccc(-c6cccc([Si](c8ccccc8)(c8ccccc8)c8ccccc8)c6)cc5)c5cc(C(C)(C)C)cc2c53)C(C)(C)CCC7(C)C)C(C)(C)CCC4(C)C)cc1. The molecule has 0 atom stereocenters. The summed E-state index contributed by atoms with van der Waals surface area (Å²) in [5.74, 6) is 0. The van der Waals surface area contributed by atoms with E-state index >= 15 is 0 Å². The Hall–Kier alpha value is -7.60. The predicted molar refractivity (Wildman–Crippen MR) is 367 cm³/mol. The van der Waals surface area contributed by atoms with Crippen LogP contribution < -0.4 is 47.1 Å². The second-order valence-corrected chi connectivity index (χ2v) is 34.1. The molecule has 3 heterocycles. The molecular weight excluding hydrogens is 1040 g/mol. The third-order valence-electron chi connectivity index (χ3n) is 20.8. The molecule has 3 nitrogen and oxygen atoms in total. The van der Waals surface area contributed by atoms with E-state index in [9.17, 15) is 0 Å². The highest BCUT2D eigenvalue weighted by atomic mass is 28.3. The quantitative estimate of drug-likeness (QED) is 0.117. The zero-order chi connectivity index (χ0) is 59.4. The second kappa shape index (κ2) is 19.2. The Morgan fingerprint density at radius 3 is 1.36 bits per heavy atom. The molecule has 0 saturated heterocycles. The molecule has 9 aromatic carbocycles. The Balaban J connectivity index is 1.03. The molecule has 85 heavy (non-hydrogen) atoms. The Kier molecular flexibility index (Phi) is 12.5. The van der Waals surface area contributed by atoms with E-state index in [0.717, 1.165) is 48.3 Å². The van der Waals surface area contributed by atoms with E-state index in [-0.39, 0.29) is 39.2 Å². The molecule has 0 saturated carbocycles. The van der Waals surface area contributed by atoms with Crippen LogP contribution in [0.5, 0.6) is 0 Å². The van der Waals surface area contributed by atoms with Crippen molar-refractivity contribution in [2.45, 2.75) is 155 Å². The summed E-state index contributed by atoms with van der Waals surface area (Å²) in [6.45, 7) is 33.6. The fourth-order valence-corrected chi connectivity index (χ4v) is 20.3. The van der Waals surface area contributed by atoms with Crippen molar-refractivity contribution in [1.82, 2.24) is 0 Å². The minimum atomic E-state index is -2.77. The van der Waals surface area contributed by atoms with Gasteiger partial charge in [0.2, 0.25) is 0 Å². The van der Waals surface area contributed by atoms with Crippen molar-refractivity contribution in [3.8, 4) is 11.1 Å². The van der Waals surface area contributed by atoms with E-state index in [4.69, 9.17) is 4.42 Å². The number of hydrogen-bond donors (Lipinski definition) is 0. The number of fused-ring (bicyclic) bond motifs is 8.